The summed E-state index contributed by atoms with van der Waals surface area (Å²) in [5, 5.41) is 2.97. The summed E-state index contributed by atoms with van der Waals surface area (Å²) in [6, 6.07) is 21.4. The number of carbonyl (C=O) groups excluding carboxylic acids is 3. The highest BCUT2D eigenvalue weighted by molar-refractivity contribution is 6.07. The van der Waals surface area contributed by atoms with E-state index < -0.39 is 5.97 Å². The molecule has 4 rings (SSSR count). The van der Waals surface area contributed by atoms with Crippen molar-refractivity contribution in [2.24, 2.45) is 0 Å². The molecule has 0 aliphatic carbocycles. The molecule has 1 aliphatic heterocycles. The molecule has 0 atom stereocenters. The number of methoxy groups -OCH3 is 1. The summed E-state index contributed by atoms with van der Waals surface area (Å²) in [6.45, 7) is 4.92. The number of piperazine rings is 1. The molecule has 1 N–H and O–H groups in total. The summed E-state index contributed by atoms with van der Waals surface area (Å²) < 4.78 is 10.6. The van der Waals surface area contributed by atoms with E-state index in [1.54, 1.807) is 36.4 Å². The van der Waals surface area contributed by atoms with Crippen molar-refractivity contribution in [2.75, 3.05) is 50.1 Å². The Morgan fingerprint density at radius 3 is 2.29 bits per heavy atom. The average Bonchev–Trinajstić information content (AvgIpc) is 2.97. The predicted octanol–water partition coefficient (Wildman–Crippen LogP) is 4.87. The summed E-state index contributed by atoms with van der Waals surface area (Å²) in [4.78, 5) is 42.2. The summed E-state index contributed by atoms with van der Waals surface area (Å²) in [5.41, 5.74) is 2.72. The van der Waals surface area contributed by atoms with Gasteiger partial charge in [0.2, 0.25) is 0 Å². The molecule has 3 aromatic rings. The number of rotatable bonds is 9. The van der Waals surface area contributed by atoms with Crippen molar-refractivity contribution >= 4 is 29.2 Å². The standard InChI is InChI=1S/C30H33N3O5/c1-3-4-19-38-25-12-8-11-23(20-25)28(34)31-26-21-24(30(36)37-2)13-14-27(26)32-15-17-33(18-16-32)29(35)22-9-6-5-7-10-22/h5-14,20-21H,3-4,15-19H2,1-2H3,(H,31,34). The van der Waals surface area contributed by atoms with Crippen LogP contribution in [0.5, 0.6) is 5.75 Å². The van der Waals surface area contributed by atoms with Crippen LogP contribution in [-0.4, -0.2) is 62.6 Å². The molecular formula is C30H33N3O5. The fourth-order valence-corrected chi connectivity index (χ4v) is 4.33. The first-order valence-corrected chi connectivity index (χ1v) is 12.9. The van der Waals surface area contributed by atoms with Crippen LogP contribution in [-0.2, 0) is 4.74 Å². The average molecular weight is 516 g/mol. The van der Waals surface area contributed by atoms with E-state index in [1.165, 1.54) is 7.11 Å². The first-order chi connectivity index (χ1) is 18.5. The zero-order valence-electron chi connectivity index (χ0n) is 21.8. The quantitative estimate of drug-likeness (QED) is 0.323. The number of unbranched alkanes of at least 4 members (excludes halogenated alkanes) is 1. The second-order valence-electron chi connectivity index (χ2n) is 9.05. The van der Waals surface area contributed by atoms with Crippen molar-refractivity contribution in [3.8, 4) is 5.75 Å². The summed E-state index contributed by atoms with van der Waals surface area (Å²) >= 11 is 0. The van der Waals surface area contributed by atoms with E-state index in [-0.39, 0.29) is 11.8 Å². The van der Waals surface area contributed by atoms with Crippen molar-refractivity contribution in [1.29, 1.82) is 0 Å². The van der Waals surface area contributed by atoms with Gasteiger partial charge in [0.25, 0.3) is 11.8 Å². The van der Waals surface area contributed by atoms with Crippen molar-refractivity contribution in [2.45, 2.75) is 19.8 Å². The van der Waals surface area contributed by atoms with Crippen LogP contribution in [0.2, 0.25) is 0 Å². The van der Waals surface area contributed by atoms with Gasteiger partial charge in [0.1, 0.15) is 5.75 Å². The van der Waals surface area contributed by atoms with Gasteiger partial charge in [-0.1, -0.05) is 37.6 Å². The van der Waals surface area contributed by atoms with E-state index in [9.17, 15) is 14.4 Å². The second-order valence-corrected chi connectivity index (χ2v) is 9.05. The number of esters is 1. The van der Waals surface area contributed by atoms with E-state index in [2.05, 4.69) is 17.1 Å². The van der Waals surface area contributed by atoms with Crippen LogP contribution in [0.1, 0.15) is 50.8 Å². The minimum Gasteiger partial charge on any atom is -0.494 e. The third-order valence-electron chi connectivity index (χ3n) is 6.46. The highest BCUT2D eigenvalue weighted by atomic mass is 16.5. The molecule has 0 spiro atoms. The number of nitrogens with zero attached hydrogens (tertiary/aromatic N) is 2. The zero-order chi connectivity index (χ0) is 26.9. The lowest BCUT2D eigenvalue weighted by molar-refractivity contribution is 0.0600. The fraction of sp³-hybridized carbons (Fsp3) is 0.300. The van der Waals surface area contributed by atoms with Crippen LogP contribution < -0.4 is 15.0 Å². The van der Waals surface area contributed by atoms with E-state index in [0.717, 1.165) is 18.5 Å². The van der Waals surface area contributed by atoms with Gasteiger partial charge in [-0.2, -0.15) is 0 Å². The maximum Gasteiger partial charge on any atom is 0.337 e. The number of benzene rings is 3. The van der Waals surface area contributed by atoms with Gasteiger partial charge in [0, 0.05) is 37.3 Å². The molecule has 198 valence electrons. The van der Waals surface area contributed by atoms with Gasteiger partial charge < -0.3 is 24.6 Å². The highest BCUT2D eigenvalue weighted by Gasteiger charge is 2.25. The Labute approximate surface area is 223 Å². The molecule has 8 nitrogen and oxygen atoms in total. The van der Waals surface area contributed by atoms with Crippen LogP contribution in [0, 0.1) is 0 Å². The van der Waals surface area contributed by atoms with Gasteiger partial charge in [0.05, 0.1) is 30.7 Å². The molecule has 1 heterocycles. The number of hydrogen-bond donors (Lipinski definition) is 1. The number of carbonyl (C=O) groups is 3. The molecule has 8 heteroatoms. The third kappa shape index (κ3) is 6.51. The summed E-state index contributed by atoms with van der Waals surface area (Å²) in [6.07, 6.45) is 1.96. The van der Waals surface area contributed by atoms with Crippen molar-refractivity contribution in [1.82, 2.24) is 4.90 Å². The number of amides is 2. The first-order valence-electron chi connectivity index (χ1n) is 12.9. The fourth-order valence-electron chi connectivity index (χ4n) is 4.33. The molecule has 1 aliphatic rings. The van der Waals surface area contributed by atoms with Gasteiger partial charge in [-0.3, -0.25) is 9.59 Å². The molecule has 38 heavy (non-hydrogen) atoms. The van der Waals surface area contributed by atoms with Crippen molar-refractivity contribution in [3.05, 3.63) is 89.5 Å². The van der Waals surface area contributed by atoms with Crippen molar-refractivity contribution in [3.63, 3.8) is 0 Å². The normalized spacial score (nSPS) is 13.1. The van der Waals surface area contributed by atoms with Gasteiger partial charge in [0.15, 0.2) is 0 Å². The third-order valence-corrected chi connectivity index (χ3v) is 6.46. The van der Waals surface area contributed by atoms with Crippen molar-refractivity contribution < 1.29 is 23.9 Å². The van der Waals surface area contributed by atoms with E-state index in [4.69, 9.17) is 9.47 Å². The number of anilines is 2. The van der Waals surface area contributed by atoms with Crippen LogP contribution in [0.25, 0.3) is 0 Å². The molecule has 0 radical (unpaired) electrons. The van der Waals surface area contributed by atoms with Gasteiger partial charge in [-0.05, 0) is 55.0 Å². The van der Waals surface area contributed by atoms with E-state index >= 15 is 0 Å². The SMILES string of the molecule is CCCCOc1cccc(C(=O)Nc2cc(C(=O)OC)ccc2N2CCN(C(=O)c3ccccc3)CC2)c1. The number of hydrogen-bond acceptors (Lipinski definition) is 6. The molecule has 2 amide bonds. The molecule has 0 aromatic heterocycles. The van der Waals surface area contributed by atoms with Crippen LogP contribution in [0.4, 0.5) is 11.4 Å². The molecule has 1 fully saturated rings. The minimum absolute atomic E-state index is 0.000790. The Balaban J connectivity index is 1.51. The van der Waals surface area contributed by atoms with Crippen LogP contribution in [0.15, 0.2) is 72.8 Å². The van der Waals surface area contributed by atoms with E-state index in [0.29, 0.717) is 60.9 Å². The molecule has 0 unspecified atom stereocenters. The Kier molecular flexibility index (Phi) is 8.98. The van der Waals surface area contributed by atoms with Crippen LogP contribution >= 0.6 is 0 Å². The minimum atomic E-state index is -0.489. The maximum absolute atomic E-state index is 13.2. The van der Waals surface area contributed by atoms with E-state index in [1.807, 2.05) is 41.3 Å². The zero-order valence-corrected chi connectivity index (χ0v) is 21.8. The van der Waals surface area contributed by atoms with Crippen LogP contribution in [0.3, 0.4) is 0 Å². The predicted molar refractivity (Wildman–Crippen MR) is 147 cm³/mol. The van der Waals surface area contributed by atoms with Gasteiger partial charge in [-0.25, -0.2) is 4.79 Å². The highest BCUT2D eigenvalue weighted by Crippen LogP contribution is 2.30. The Hall–Kier alpha value is -4.33. The van der Waals surface area contributed by atoms with Gasteiger partial charge >= 0.3 is 5.97 Å². The van der Waals surface area contributed by atoms with Gasteiger partial charge in [-0.15, -0.1) is 0 Å². The largest absolute Gasteiger partial charge is 0.494 e. The lowest BCUT2D eigenvalue weighted by Crippen LogP contribution is -2.49. The Morgan fingerprint density at radius 1 is 0.842 bits per heavy atom. The Bertz CT molecular complexity index is 1270. The molecular weight excluding hydrogens is 482 g/mol. The smallest absolute Gasteiger partial charge is 0.337 e. The second kappa shape index (κ2) is 12.8. The Morgan fingerprint density at radius 2 is 1.58 bits per heavy atom. The molecule has 1 saturated heterocycles. The maximum atomic E-state index is 13.2. The summed E-state index contributed by atoms with van der Waals surface area (Å²) in [7, 11) is 1.32. The monoisotopic (exact) mass is 515 g/mol. The topological polar surface area (TPSA) is 88.2 Å². The molecule has 0 saturated carbocycles. The first kappa shape index (κ1) is 26.7. The lowest BCUT2D eigenvalue weighted by atomic mass is 10.1. The lowest BCUT2D eigenvalue weighted by Gasteiger charge is -2.37. The summed E-state index contributed by atoms with van der Waals surface area (Å²) in [5.74, 6) is -0.168. The number of nitrogens with one attached hydrogen (secondary N) is 1. The molecule has 3 aromatic carbocycles. The number of ether oxygens (including phenoxy) is 2. The molecule has 0 bridgehead atoms.